The molecule has 0 spiro atoms. The molecular formula is C9H14N2O7P2. The van der Waals surface area contributed by atoms with Gasteiger partial charge in [-0.05, 0) is 19.1 Å². The van der Waals surface area contributed by atoms with E-state index in [1.807, 2.05) is 0 Å². The van der Waals surface area contributed by atoms with Crippen molar-refractivity contribution >= 4 is 26.2 Å². The molecule has 1 aromatic heterocycles. The third-order valence-electron chi connectivity index (χ3n) is 2.97. The summed E-state index contributed by atoms with van der Waals surface area (Å²) in [5, 5.41) is 0. The first kappa shape index (κ1) is 17.0. The van der Waals surface area contributed by atoms with Crippen molar-refractivity contribution < 1.29 is 34.2 Å². The molecule has 1 heterocycles. The van der Waals surface area contributed by atoms with Crippen LogP contribution in [0.4, 0.5) is 0 Å². The first-order valence-corrected chi connectivity index (χ1v) is 8.36. The Labute approximate surface area is 113 Å². The van der Waals surface area contributed by atoms with Crippen LogP contribution >= 0.6 is 15.2 Å². The van der Waals surface area contributed by atoms with Crippen molar-refractivity contribution in [3.63, 3.8) is 0 Å². The van der Waals surface area contributed by atoms with Gasteiger partial charge in [0.15, 0.2) is 0 Å². The molecule has 20 heavy (non-hydrogen) atoms. The Kier molecular flexibility index (Phi) is 4.29. The van der Waals surface area contributed by atoms with Gasteiger partial charge in [0.25, 0.3) is 0 Å². The monoisotopic (exact) mass is 324 g/mol. The van der Waals surface area contributed by atoms with Gasteiger partial charge in [0.2, 0.25) is 4.90 Å². The average Bonchev–Trinajstić information content (AvgIpc) is 2.68. The van der Waals surface area contributed by atoms with E-state index in [2.05, 4.69) is 9.97 Å². The molecule has 0 aliphatic heterocycles. The van der Waals surface area contributed by atoms with Crippen LogP contribution in [0.1, 0.15) is 12.7 Å². The van der Waals surface area contributed by atoms with Crippen LogP contribution in [-0.2, 0) is 14.0 Å². The van der Waals surface area contributed by atoms with Crippen molar-refractivity contribution in [2.45, 2.75) is 11.8 Å². The number of benzene rings is 1. The maximum absolute atomic E-state index is 11.5. The number of nitrogens with zero attached hydrogens (tertiary/aromatic N) is 1. The number of aromatic nitrogens is 2. The fourth-order valence-electron chi connectivity index (χ4n) is 1.62. The molecule has 2 aromatic rings. The van der Waals surface area contributed by atoms with Crippen molar-refractivity contribution in [3.05, 3.63) is 30.1 Å². The Hall–Kier alpha value is -1.05. The third-order valence-corrected chi connectivity index (χ3v) is 7.23. The van der Waals surface area contributed by atoms with Crippen molar-refractivity contribution in [1.82, 2.24) is 9.97 Å². The molecule has 2 rings (SSSR count). The molecule has 0 bridgehead atoms. The number of hydrogen-bond donors (Lipinski definition) is 5. The van der Waals surface area contributed by atoms with Crippen molar-refractivity contribution in [1.29, 1.82) is 0 Å². The number of H-pyrrole nitrogens is 1. The van der Waals surface area contributed by atoms with Crippen molar-refractivity contribution in [3.8, 4) is 0 Å². The number of fused-ring (bicyclic) bond motifs is 1. The van der Waals surface area contributed by atoms with Gasteiger partial charge in [-0.2, -0.15) is 0 Å². The van der Waals surface area contributed by atoms with E-state index in [4.69, 9.17) is 0 Å². The predicted molar refractivity (Wildman–Crippen MR) is 71.1 cm³/mol. The highest BCUT2D eigenvalue weighted by Crippen LogP contribution is 2.73. The van der Waals surface area contributed by atoms with Gasteiger partial charge in [0, 0.05) is 0 Å². The second-order valence-electron chi connectivity index (χ2n) is 4.21. The summed E-state index contributed by atoms with van der Waals surface area (Å²) in [6.07, 6.45) is 0. The Balaban J connectivity index is 0.00000200. The van der Waals surface area contributed by atoms with E-state index in [1.165, 1.54) is 0 Å². The SMILES string of the molecule is CC(c1nc2ccccc2[nH]1)(P(=O)(O)O)P(=O)(O)O.O. The summed E-state index contributed by atoms with van der Waals surface area (Å²) in [6.45, 7) is 0.798. The number of aromatic amines is 1. The van der Waals surface area contributed by atoms with Crippen molar-refractivity contribution in [2.24, 2.45) is 0 Å². The number of para-hydroxylation sites is 2. The standard InChI is InChI=1S/C9H12N2O6P2.H2O/c1-9(18(12,13)14,19(15,16)17)8-10-6-4-2-3-5-7(6)11-8;/h2-5H,1H3,(H,10,11)(H2,12,13,14)(H2,15,16,17);1H2. The zero-order chi connectivity index (χ0) is 14.5. The summed E-state index contributed by atoms with van der Waals surface area (Å²) >= 11 is 0. The minimum atomic E-state index is -5.14. The van der Waals surface area contributed by atoms with Crippen LogP contribution in [0.15, 0.2) is 24.3 Å². The van der Waals surface area contributed by atoms with E-state index in [-0.39, 0.29) is 5.48 Å². The molecule has 0 amide bonds. The molecular weight excluding hydrogens is 310 g/mol. The molecule has 0 unspecified atom stereocenters. The molecule has 0 radical (unpaired) electrons. The second-order valence-corrected chi connectivity index (χ2v) is 8.53. The first-order valence-electron chi connectivity index (χ1n) is 5.14. The maximum atomic E-state index is 11.5. The van der Waals surface area contributed by atoms with Crippen LogP contribution in [-0.4, -0.2) is 35.0 Å². The molecule has 0 aliphatic rings. The molecule has 7 N–H and O–H groups in total. The summed E-state index contributed by atoms with van der Waals surface area (Å²) in [5.74, 6) is -0.435. The van der Waals surface area contributed by atoms with Crippen LogP contribution in [0, 0.1) is 0 Å². The Bertz CT molecular complexity index is 661. The van der Waals surface area contributed by atoms with Gasteiger partial charge in [-0.3, -0.25) is 9.13 Å². The summed E-state index contributed by atoms with van der Waals surface area (Å²) in [5.41, 5.74) is 0.802. The maximum Gasteiger partial charge on any atom is 0.351 e. The van der Waals surface area contributed by atoms with Gasteiger partial charge in [0.05, 0.1) is 11.0 Å². The van der Waals surface area contributed by atoms with Crippen LogP contribution < -0.4 is 0 Å². The fraction of sp³-hybridized carbons (Fsp3) is 0.222. The van der Waals surface area contributed by atoms with Crippen LogP contribution in [0.2, 0.25) is 0 Å². The van der Waals surface area contributed by atoms with E-state index in [9.17, 15) is 28.7 Å². The molecule has 0 aliphatic carbocycles. The lowest BCUT2D eigenvalue weighted by Crippen LogP contribution is -2.24. The number of imidazole rings is 1. The van der Waals surface area contributed by atoms with Crippen LogP contribution in [0.5, 0.6) is 0 Å². The summed E-state index contributed by atoms with van der Waals surface area (Å²) in [7, 11) is -10.3. The van der Waals surface area contributed by atoms with Gasteiger partial charge < -0.3 is 30.0 Å². The number of nitrogens with one attached hydrogen (secondary N) is 1. The molecule has 11 heteroatoms. The van der Waals surface area contributed by atoms with Gasteiger partial charge in [0.1, 0.15) is 5.82 Å². The third kappa shape index (κ3) is 2.45. The smallest absolute Gasteiger partial charge is 0.351 e. The van der Waals surface area contributed by atoms with E-state index in [1.54, 1.807) is 24.3 Å². The Morgan fingerprint density at radius 2 is 1.60 bits per heavy atom. The molecule has 0 saturated carbocycles. The predicted octanol–water partition coefficient (Wildman–Crippen LogP) is 0.266. The van der Waals surface area contributed by atoms with Gasteiger partial charge in [-0.25, -0.2) is 4.98 Å². The zero-order valence-corrected chi connectivity index (χ0v) is 12.0. The first-order chi connectivity index (χ1) is 8.57. The lowest BCUT2D eigenvalue weighted by Gasteiger charge is -2.28. The molecule has 1 aromatic carbocycles. The van der Waals surface area contributed by atoms with Crippen LogP contribution in [0.3, 0.4) is 0 Å². The van der Waals surface area contributed by atoms with Gasteiger partial charge in [-0.1, -0.05) is 12.1 Å². The second kappa shape index (κ2) is 5.05. The normalized spacial score (nSPS) is 13.2. The summed E-state index contributed by atoms with van der Waals surface area (Å²) < 4.78 is 23.0. The highest BCUT2D eigenvalue weighted by molar-refractivity contribution is 7.71. The average molecular weight is 324 g/mol. The minimum absolute atomic E-state index is 0. The minimum Gasteiger partial charge on any atom is -0.412 e. The number of rotatable bonds is 3. The molecule has 0 fully saturated rings. The Morgan fingerprint density at radius 1 is 1.10 bits per heavy atom. The number of hydrogen-bond acceptors (Lipinski definition) is 3. The summed E-state index contributed by atoms with van der Waals surface area (Å²) in [6, 6.07) is 6.47. The zero-order valence-electron chi connectivity index (χ0n) is 10.3. The quantitative estimate of drug-likeness (QED) is 0.503. The largest absolute Gasteiger partial charge is 0.412 e. The highest BCUT2D eigenvalue weighted by Gasteiger charge is 2.60. The van der Waals surface area contributed by atoms with Gasteiger partial charge in [-0.15, -0.1) is 0 Å². The molecule has 9 nitrogen and oxygen atoms in total. The van der Waals surface area contributed by atoms with E-state index < -0.39 is 25.9 Å². The van der Waals surface area contributed by atoms with E-state index in [0.717, 1.165) is 6.92 Å². The van der Waals surface area contributed by atoms with Crippen molar-refractivity contribution in [2.75, 3.05) is 0 Å². The highest BCUT2D eigenvalue weighted by atomic mass is 31.2. The van der Waals surface area contributed by atoms with Crippen LogP contribution in [0.25, 0.3) is 11.0 Å². The molecule has 112 valence electrons. The lowest BCUT2D eigenvalue weighted by molar-refractivity contribution is 0.311. The lowest BCUT2D eigenvalue weighted by atomic mass is 10.3. The fourth-order valence-corrected chi connectivity index (χ4v) is 3.74. The van der Waals surface area contributed by atoms with Gasteiger partial charge >= 0.3 is 15.2 Å². The Morgan fingerprint density at radius 3 is 2.05 bits per heavy atom. The topological polar surface area (TPSA) is 175 Å². The molecule has 0 atom stereocenters. The molecule has 0 saturated heterocycles. The van der Waals surface area contributed by atoms with E-state index >= 15 is 0 Å². The summed E-state index contributed by atoms with van der Waals surface area (Å²) in [4.78, 5) is 41.0. The van der Waals surface area contributed by atoms with E-state index in [0.29, 0.717) is 11.0 Å².